The lowest BCUT2D eigenvalue weighted by Crippen LogP contribution is -2.25. The van der Waals surface area contributed by atoms with E-state index in [9.17, 15) is 9.59 Å². The fourth-order valence-electron chi connectivity index (χ4n) is 2.53. The molecule has 0 saturated carbocycles. The van der Waals surface area contributed by atoms with Crippen LogP contribution in [0.3, 0.4) is 0 Å². The predicted molar refractivity (Wildman–Crippen MR) is 74.7 cm³/mol. The van der Waals surface area contributed by atoms with Gasteiger partial charge in [-0.1, -0.05) is 12.1 Å². The van der Waals surface area contributed by atoms with Crippen LogP contribution in [-0.2, 0) is 16.1 Å². The number of amides is 1. The summed E-state index contributed by atoms with van der Waals surface area (Å²) >= 11 is 0. The number of hydrogen-bond acceptors (Lipinski definition) is 3. The van der Waals surface area contributed by atoms with E-state index < -0.39 is 11.9 Å². The molecule has 1 aliphatic heterocycles. The van der Waals surface area contributed by atoms with Crippen molar-refractivity contribution in [2.75, 3.05) is 6.54 Å². The first-order valence-corrected chi connectivity index (χ1v) is 6.73. The van der Waals surface area contributed by atoms with Gasteiger partial charge in [0.15, 0.2) is 0 Å². The van der Waals surface area contributed by atoms with E-state index in [2.05, 4.69) is 5.10 Å². The van der Waals surface area contributed by atoms with Gasteiger partial charge < -0.3 is 10.0 Å². The second-order valence-electron chi connectivity index (χ2n) is 5.13. The molecule has 1 atom stereocenters. The molecule has 1 saturated heterocycles. The Kier molecular flexibility index (Phi) is 3.43. The SMILES string of the molecule is O=C(O)[C@@H]1CC(=O)N(Cc2cccc(-n3cccn3)c2)C1. The molecule has 2 heterocycles. The van der Waals surface area contributed by atoms with Gasteiger partial charge in [0.05, 0.1) is 11.6 Å². The summed E-state index contributed by atoms with van der Waals surface area (Å²) in [7, 11) is 0. The molecule has 6 heteroatoms. The molecule has 6 nitrogen and oxygen atoms in total. The van der Waals surface area contributed by atoms with Crippen LogP contribution in [-0.4, -0.2) is 38.2 Å². The van der Waals surface area contributed by atoms with Gasteiger partial charge in [0.1, 0.15) is 0 Å². The van der Waals surface area contributed by atoms with E-state index in [-0.39, 0.29) is 18.9 Å². The summed E-state index contributed by atoms with van der Waals surface area (Å²) < 4.78 is 1.75. The van der Waals surface area contributed by atoms with Gasteiger partial charge in [0.25, 0.3) is 0 Å². The van der Waals surface area contributed by atoms with Crippen LogP contribution in [0.2, 0.25) is 0 Å². The first-order chi connectivity index (χ1) is 10.1. The molecule has 0 spiro atoms. The predicted octanol–water partition coefficient (Wildman–Crippen LogP) is 1.31. The van der Waals surface area contributed by atoms with E-state index in [1.54, 1.807) is 15.8 Å². The molecule has 0 radical (unpaired) electrons. The molecule has 0 bridgehead atoms. The van der Waals surface area contributed by atoms with Gasteiger partial charge in [-0.15, -0.1) is 0 Å². The van der Waals surface area contributed by atoms with E-state index in [1.165, 1.54) is 0 Å². The van der Waals surface area contributed by atoms with E-state index in [1.807, 2.05) is 36.5 Å². The highest BCUT2D eigenvalue weighted by Gasteiger charge is 2.34. The number of carboxylic acids is 1. The topological polar surface area (TPSA) is 75.4 Å². The van der Waals surface area contributed by atoms with Crippen molar-refractivity contribution in [3.05, 3.63) is 48.3 Å². The van der Waals surface area contributed by atoms with E-state index in [0.717, 1.165) is 11.3 Å². The van der Waals surface area contributed by atoms with Gasteiger partial charge in [0.2, 0.25) is 5.91 Å². The summed E-state index contributed by atoms with van der Waals surface area (Å²) in [5, 5.41) is 13.2. The molecule has 108 valence electrons. The fraction of sp³-hybridized carbons (Fsp3) is 0.267. The van der Waals surface area contributed by atoms with Crippen molar-refractivity contribution in [1.29, 1.82) is 0 Å². The summed E-state index contributed by atoms with van der Waals surface area (Å²) in [5.74, 6) is -1.60. The number of aromatic nitrogens is 2. The molecule has 1 aromatic heterocycles. The highest BCUT2D eigenvalue weighted by Crippen LogP contribution is 2.21. The number of carboxylic acid groups (broad SMARTS) is 1. The minimum absolute atomic E-state index is 0.0914. The summed E-state index contributed by atoms with van der Waals surface area (Å²) in [5.41, 5.74) is 1.88. The fourth-order valence-corrected chi connectivity index (χ4v) is 2.53. The summed E-state index contributed by atoms with van der Waals surface area (Å²) in [4.78, 5) is 24.4. The Morgan fingerprint density at radius 2 is 2.24 bits per heavy atom. The molecule has 1 fully saturated rings. The van der Waals surface area contributed by atoms with Crippen LogP contribution < -0.4 is 0 Å². The molecule has 21 heavy (non-hydrogen) atoms. The number of carbonyl (C=O) groups excluding carboxylic acids is 1. The third-order valence-corrected chi connectivity index (χ3v) is 3.62. The van der Waals surface area contributed by atoms with Crippen LogP contribution in [0.25, 0.3) is 5.69 Å². The third kappa shape index (κ3) is 2.79. The Labute approximate surface area is 121 Å². The molecule has 1 aliphatic rings. The average molecular weight is 285 g/mol. The maximum Gasteiger partial charge on any atom is 0.308 e. The van der Waals surface area contributed by atoms with Crippen molar-refractivity contribution in [1.82, 2.24) is 14.7 Å². The zero-order valence-electron chi connectivity index (χ0n) is 11.3. The number of carbonyl (C=O) groups is 2. The van der Waals surface area contributed by atoms with Crippen LogP contribution in [0.4, 0.5) is 0 Å². The smallest absolute Gasteiger partial charge is 0.308 e. The largest absolute Gasteiger partial charge is 0.481 e. The second-order valence-corrected chi connectivity index (χ2v) is 5.13. The summed E-state index contributed by atoms with van der Waals surface area (Å²) in [6, 6.07) is 9.56. The Morgan fingerprint density at radius 1 is 1.38 bits per heavy atom. The average Bonchev–Trinajstić information content (AvgIpc) is 3.10. The zero-order chi connectivity index (χ0) is 14.8. The normalized spacial score (nSPS) is 18.2. The molecule has 0 unspecified atom stereocenters. The minimum Gasteiger partial charge on any atom is -0.481 e. The van der Waals surface area contributed by atoms with Crippen molar-refractivity contribution in [2.45, 2.75) is 13.0 Å². The first kappa shape index (κ1) is 13.4. The lowest BCUT2D eigenvalue weighted by molar-refractivity contribution is -0.141. The van der Waals surface area contributed by atoms with Crippen molar-refractivity contribution in [2.24, 2.45) is 5.92 Å². The molecular formula is C15H15N3O3. The number of rotatable bonds is 4. The van der Waals surface area contributed by atoms with Gasteiger partial charge in [-0.25, -0.2) is 4.68 Å². The van der Waals surface area contributed by atoms with Crippen molar-refractivity contribution < 1.29 is 14.7 Å². The number of aliphatic carboxylic acids is 1. The number of hydrogen-bond donors (Lipinski definition) is 1. The Morgan fingerprint density at radius 3 is 2.90 bits per heavy atom. The van der Waals surface area contributed by atoms with Crippen LogP contribution in [0.1, 0.15) is 12.0 Å². The second kappa shape index (κ2) is 5.40. The summed E-state index contributed by atoms with van der Waals surface area (Å²) in [6.07, 6.45) is 3.64. The Balaban J connectivity index is 1.75. The minimum atomic E-state index is -0.906. The number of nitrogens with zero attached hydrogens (tertiary/aromatic N) is 3. The Hall–Kier alpha value is -2.63. The highest BCUT2D eigenvalue weighted by molar-refractivity contribution is 5.86. The zero-order valence-corrected chi connectivity index (χ0v) is 11.3. The maximum absolute atomic E-state index is 11.9. The Bertz CT molecular complexity index is 667. The molecule has 0 aliphatic carbocycles. The number of benzene rings is 1. The maximum atomic E-state index is 11.9. The van der Waals surface area contributed by atoms with Crippen LogP contribution in [0, 0.1) is 5.92 Å². The molecule has 1 aromatic carbocycles. The lowest BCUT2D eigenvalue weighted by Gasteiger charge is -2.16. The first-order valence-electron chi connectivity index (χ1n) is 6.73. The van der Waals surface area contributed by atoms with Crippen molar-refractivity contribution in [3.8, 4) is 5.69 Å². The van der Waals surface area contributed by atoms with E-state index in [0.29, 0.717) is 6.54 Å². The monoisotopic (exact) mass is 285 g/mol. The molecule has 1 amide bonds. The van der Waals surface area contributed by atoms with Gasteiger partial charge in [-0.2, -0.15) is 5.10 Å². The van der Waals surface area contributed by atoms with Crippen LogP contribution in [0.15, 0.2) is 42.7 Å². The van der Waals surface area contributed by atoms with Crippen LogP contribution in [0.5, 0.6) is 0 Å². The standard InChI is InChI=1S/C15H15N3O3/c19-14-8-12(15(20)21)10-17(14)9-11-3-1-4-13(7-11)18-6-2-5-16-18/h1-7,12H,8-10H2,(H,20,21)/t12-/m1/s1. The lowest BCUT2D eigenvalue weighted by atomic mass is 10.1. The quantitative estimate of drug-likeness (QED) is 0.919. The summed E-state index contributed by atoms with van der Waals surface area (Å²) in [6.45, 7) is 0.706. The van der Waals surface area contributed by atoms with Gasteiger partial charge in [-0.3, -0.25) is 9.59 Å². The number of likely N-dealkylation sites (tertiary alicyclic amines) is 1. The van der Waals surface area contributed by atoms with Gasteiger partial charge >= 0.3 is 5.97 Å². The molecular weight excluding hydrogens is 270 g/mol. The highest BCUT2D eigenvalue weighted by atomic mass is 16.4. The van der Waals surface area contributed by atoms with E-state index >= 15 is 0 Å². The van der Waals surface area contributed by atoms with Gasteiger partial charge in [-0.05, 0) is 23.8 Å². The van der Waals surface area contributed by atoms with Gasteiger partial charge in [0, 0.05) is 31.9 Å². The molecule has 3 rings (SSSR count). The third-order valence-electron chi connectivity index (χ3n) is 3.62. The van der Waals surface area contributed by atoms with E-state index in [4.69, 9.17) is 5.11 Å². The molecule has 2 aromatic rings. The van der Waals surface area contributed by atoms with Crippen LogP contribution >= 0.6 is 0 Å². The van der Waals surface area contributed by atoms with Crippen molar-refractivity contribution in [3.63, 3.8) is 0 Å². The van der Waals surface area contributed by atoms with Crippen molar-refractivity contribution >= 4 is 11.9 Å². The molecule has 1 N–H and O–H groups in total.